The molecule has 0 aliphatic rings. The Morgan fingerprint density at radius 2 is 1.79 bits per heavy atom. The fraction of sp³-hybridized carbons (Fsp3) is 0.227. The zero-order valence-electron chi connectivity index (χ0n) is 16.4. The Morgan fingerprint density at radius 1 is 1.10 bits per heavy atom. The Hall–Kier alpha value is -3.48. The molecule has 0 fully saturated rings. The van der Waals surface area contributed by atoms with E-state index in [0.717, 1.165) is 18.8 Å². The maximum absolute atomic E-state index is 13.9. The number of anilines is 2. The van der Waals surface area contributed by atoms with E-state index in [-0.39, 0.29) is 23.7 Å². The SMILES string of the molecule is CCN(CC)c1ccc(NC(=O)Cn2cnc(-c3ccccc3F)cc2=O)cc1. The molecule has 150 valence electrons. The quantitative estimate of drug-likeness (QED) is 0.666. The number of nitrogens with zero attached hydrogens (tertiary/aromatic N) is 3. The van der Waals surface area contributed by atoms with Crippen molar-refractivity contribution in [3.63, 3.8) is 0 Å². The van der Waals surface area contributed by atoms with E-state index in [4.69, 9.17) is 0 Å². The topological polar surface area (TPSA) is 67.2 Å². The van der Waals surface area contributed by atoms with Gasteiger partial charge in [0.25, 0.3) is 5.56 Å². The van der Waals surface area contributed by atoms with Gasteiger partial charge in [0, 0.05) is 36.1 Å². The van der Waals surface area contributed by atoms with Crippen LogP contribution in [-0.4, -0.2) is 28.5 Å². The van der Waals surface area contributed by atoms with Crippen molar-refractivity contribution >= 4 is 17.3 Å². The molecule has 0 unspecified atom stereocenters. The minimum Gasteiger partial charge on any atom is -0.372 e. The highest BCUT2D eigenvalue weighted by atomic mass is 19.1. The van der Waals surface area contributed by atoms with Crippen molar-refractivity contribution in [3.8, 4) is 11.3 Å². The fourth-order valence-corrected chi connectivity index (χ4v) is 3.06. The number of carbonyl (C=O) groups is 1. The van der Waals surface area contributed by atoms with Crippen LogP contribution in [0.3, 0.4) is 0 Å². The third-order valence-corrected chi connectivity index (χ3v) is 4.62. The number of amides is 1. The maximum atomic E-state index is 13.9. The molecule has 3 rings (SSSR count). The summed E-state index contributed by atoms with van der Waals surface area (Å²) in [5.41, 5.74) is 1.78. The van der Waals surface area contributed by atoms with Crippen LogP contribution < -0.4 is 15.8 Å². The van der Waals surface area contributed by atoms with Crippen molar-refractivity contribution in [2.24, 2.45) is 0 Å². The van der Waals surface area contributed by atoms with Crippen molar-refractivity contribution in [2.75, 3.05) is 23.3 Å². The summed E-state index contributed by atoms with van der Waals surface area (Å²) in [4.78, 5) is 30.9. The van der Waals surface area contributed by atoms with Crippen molar-refractivity contribution < 1.29 is 9.18 Å². The smallest absolute Gasteiger partial charge is 0.254 e. The predicted molar refractivity (Wildman–Crippen MR) is 113 cm³/mol. The molecular formula is C22H23FN4O2. The van der Waals surface area contributed by atoms with E-state index in [9.17, 15) is 14.0 Å². The molecule has 0 aliphatic carbocycles. The summed E-state index contributed by atoms with van der Waals surface area (Å²) in [5.74, 6) is -0.800. The molecule has 0 atom stereocenters. The van der Waals surface area contributed by atoms with Crippen LogP contribution in [0, 0.1) is 5.82 Å². The van der Waals surface area contributed by atoms with Crippen LogP contribution in [0.15, 0.2) is 65.7 Å². The van der Waals surface area contributed by atoms with E-state index in [1.165, 1.54) is 23.0 Å². The number of nitrogens with one attached hydrogen (secondary N) is 1. The number of hydrogen-bond acceptors (Lipinski definition) is 4. The highest BCUT2D eigenvalue weighted by Gasteiger charge is 2.10. The second kappa shape index (κ2) is 9.14. The molecule has 1 aromatic heterocycles. The summed E-state index contributed by atoms with van der Waals surface area (Å²) in [6, 6.07) is 14.9. The van der Waals surface area contributed by atoms with Crippen molar-refractivity contribution in [1.82, 2.24) is 9.55 Å². The lowest BCUT2D eigenvalue weighted by molar-refractivity contribution is -0.116. The zero-order chi connectivity index (χ0) is 20.8. The second-order valence-corrected chi connectivity index (χ2v) is 6.49. The minimum atomic E-state index is -0.456. The summed E-state index contributed by atoms with van der Waals surface area (Å²) in [6.07, 6.45) is 1.26. The summed E-state index contributed by atoms with van der Waals surface area (Å²) in [5, 5.41) is 2.77. The summed E-state index contributed by atoms with van der Waals surface area (Å²) in [7, 11) is 0. The molecule has 7 heteroatoms. The van der Waals surface area contributed by atoms with Gasteiger partial charge in [-0.15, -0.1) is 0 Å². The molecule has 0 radical (unpaired) electrons. The lowest BCUT2D eigenvalue weighted by Gasteiger charge is -2.21. The molecule has 3 aromatic rings. The predicted octanol–water partition coefficient (Wildman–Crippen LogP) is 3.53. The molecule has 0 saturated carbocycles. The van der Waals surface area contributed by atoms with Crippen LogP contribution >= 0.6 is 0 Å². The monoisotopic (exact) mass is 394 g/mol. The number of halogens is 1. The van der Waals surface area contributed by atoms with Gasteiger partial charge in [0.05, 0.1) is 12.0 Å². The van der Waals surface area contributed by atoms with E-state index < -0.39 is 11.4 Å². The van der Waals surface area contributed by atoms with E-state index in [1.54, 1.807) is 18.2 Å². The number of carbonyl (C=O) groups excluding carboxylic acids is 1. The maximum Gasteiger partial charge on any atom is 0.254 e. The van der Waals surface area contributed by atoms with E-state index in [0.29, 0.717) is 5.69 Å². The van der Waals surface area contributed by atoms with Crippen molar-refractivity contribution in [1.29, 1.82) is 0 Å². The summed E-state index contributed by atoms with van der Waals surface area (Å²) < 4.78 is 15.1. The Morgan fingerprint density at radius 3 is 2.41 bits per heavy atom. The van der Waals surface area contributed by atoms with Crippen LogP contribution in [0.2, 0.25) is 0 Å². The number of hydrogen-bond donors (Lipinski definition) is 1. The van der Waals surface area contributed by atoms with Gasteiger partial charge < -0.3 is 10.2 Å². The first kappa shape index (κ1) is 20.3. The average Bonchev–Trinajstić information content (AvgIpc) is 2.72. The molecule has 0 spiro atoms. The van der Waals surface area contributed by atoms with Gasteiger partial charge in [-0.05, 0) is 50.2 Å². The molecule has 29 heavy (non-hydrogen) atoms. The Kier molecular flexibility index (Phi) is 6.39. The van der Waals surface area contributed by atoms with Crippen molar-refractivity contribution in [2.45, 2.75) is 20.4 Å². The largest absolute Gasteiger partial charge is 0.372 e. The van der Waals surface area contributed by atoms with E-state index in [2.05, 4.69) is 29.0 Å². The molecule has 1 amide bonds. The molecule has 2 aromatic carbocycles. The van der Waals surface area contributed by atoms with Gasteiger partial charge in [-0.25, -0.2) is 9.37 Å². The number of benzene rings is 2. The van der Waals surface area contributed by atoms with Crippen LogP contribution in [-0.2, 0) is 11.3 Å². The van der Waals surface area contributed by atoms with Gasteiger partial charge in [-0.2, -0.15) is 0 Å². The molecule has 0 bridgehead atoms. The molecule has 1 heterocycles. The third kappa shape index (κ3) is 4.87. The molecule has 0 aliphatic heterocycles. The molecule has 1 N–H and O–H groups in total. The third-order valence-electron chi connectivity index (χ3n) is 4.62. The van der Waals surface area contributed by atoms with Gasteiger partial charge in [-0.3, -0.25) is 14.2 Å². The van der Waals surface area contributed by atoms with E-state index >= 15 is 0 Å². The summed E-state index contributed by atoms with van der Waals surface area (Å²) in [6.45, 7) is 5.80. The highest BCUT2D eigenvalue weighted by Crippen LogP contribution is 2.19. The van der Waals surface area contributed by atoms with E-state index in [1.807, 2.05) is 24.3 Å². The normalized spacial score (nSPS) is 10.6. The average molecular weight is 394 g/mol. The number of aromatic nitrogens is 2. The summed E-state index contributed by atoms with van der Waals surface area (Å²) >= 11 is 0. The second-order valence-electron chi connectivity index (χ2n) is 6.49. The zero-order valence-corrected chi connectivity index (χ0v) is 16.4. The minimum absolute atomic E-state index is 0.179. The van der Waals surface area contributed by atoms with Crippen LogP contribution in [0.5, 0.6) is 0 Å². The first-order valence-electron chi connectivity index (χ1n) is 9.48. The van der Waals surface area contributed by atoms with Gasteiger partial charge in [0.15, 0.2) is 0 Å². The fourth-order valence-electron chi connectivity index (χ4n) is 3.06. The van der Waals surface area contributed by atoms with Gasteiger partial charge >= 0.3 is 0 Å². The van der Waals surface area contributed by atoms with Gasteiger partial charge in [-0.1, -0.05) is 12.1 Å². The van der Waals surface area contributed by atoms with Crippen LogP contribution in [0.25, 0.3) is 11.3 Å². The Bertz CT molecular complexity index is 1040. The highest BCUT2D eigenvalue weighted by molar-refractivity contribution is 5.90. The molecular weight excluding hydrogens is 371 g/mol. The molecule has 0 saturated heterocycles. The number of rotatable bonds is 7. The van der Waals surface area contributed by atoms with Crippen molar-refractivity contribution in [3.05, 3.63) is 77.1 Å². The standard InChI is InChI=1S/C22H23FN4O2/c1-3-26(4-2)17-11-9-16(10-12-17)25-21(28)14-27-15-24-20(13-22(27)29)18-7-5-6-8-19(18)23/h5-13,15H,3-4,14H2,1-2H3,(H,25,28). The first-order chi connectivity index (χ1) is 14.0. The van der Waals surface area contributed by atoms with Crippen LogP contribution in [0.4, 0.5) is 15.8 Å². The molecule has 6 nitrogen and oxygen atoms in total. The van der Waals surface area contributed by atoms with Crippen LogP contribution in [0.1, 0.15) is 13.8 Å². The Labute approximate surface area is 168 Å². The lowest BCUT2D eigenvalue weighted by atomic mass is 10.1. The lowest BCUT2D eigenvalue weighted by Crippen LogP contribution is -2.27. The van der Waals surface area contributed by atoms with Gasteiger partial charge in [0.2, 0.25) is 5.91 Å². The van der Waals surface area contributed by atoms with Gasteiger partial charge in [0.1, 0.15) is 12.4 Å². The Balaban J connectivity index is 1.68. The first-order valence-corrected chi connectivity index (χ1v) is 9.48.